The highest BCUT2D eigenvalue weighted by Crippen LogP contribution is 2.28. The van der Waals surface area contributed by atoms with Crippen LogP contribution in [0.5, 0.6) is 0 Å². The molecule has 12 nitrogen and oxygen atoms in total. The minimum absolute atomic E-state index is 0.121. The number of carbonyl (C=O) groups excluding carboxylic acids is 4. The summed E-state index contributed by atoms with van der Waals surface area (Å²) >= 11 is 5.73. The monoisotopic (exact) mass is 836 g/mol. The molecule has 4 amide bonds. The molecule has 0 unspecified atom stereocenters. The van der Waals surface area contributed by atoms with Gasteiger partial charge in [-0.3, -0.25) is 24.2 Å². The average Bonchev–Trinajstić information content (AvgIpc) is 3.21. The Bertz CT molecular complexity index is 1540. The first-order valence-corrected chi connectivity index (χ1v) is 22.5. The Hall–Kier alpha value is -3.94. The zero-order chi connectivity index (χ0) is 43.0. The van der Waals surface area contributed by atoms with E-state index in [9.17, 15) is 24.3 Å². The maximum Gasteiger partial charge on any atom is 0.243 e. The van der Waals surface area contributed by atoms with E-state index < -0.39 is 36.2 Å². The molecule has 3 rings (SSSR count). The maximum absolute atomic E-state index is 14.2. The summed E-state index contributed by atoms with van der Waals surface area (Å²) in [6.45, 7) is 7.23. The quantitative estimate of drug-likeness (QED) is 0.0485. The van der Waals surface area contributed by atoms with Gasteiger partial charge < -0.3 is 36.6 Å². The van der Waals surface area contributed by atoms with Gasteiger partial charge in [-0.1, -0.05) is 121 Å². The predicted molar refractivity (Wildman–Crippen MR) is 239 cm³/mol. The summed E-state index contributed by atoms with van der Waals surface area (Å²) in [5.74, 6) is -1.10. The summed E-state index contributed by atoms with van der Waals surface area (Å²) in [6.07, 6.45) is 12.4. The highest BCUT2D eigenvalue weighted by atomic mass is 32.1. The van der Waals surface area contributed by atoms with E-state index in [0.717, 1.165) is 69.9 Å². The second-order valence-corrected chi connectivity index (χ2v) is 17.5. The van der Waals surface area contributed by atoms with Crippen molar-refractivity contribution in [2.75, 3.05) is 20.6 Å². The first-order chi connectivity index (χ1) is 28.3. The molecule has 1 aliphatic carbocycles. The number of aliphatic hydroxyl groups is 1. The van der Waals surface area contributed by atoms with Gasteiger partial charge in [-0.05, 0) is 88.7 Å². The Labute approximate surface area is 359 Å². The Morgan fingerprint density at radius 3 is 2.20 bits per heavy atom. The predicted octanol–water partition coefficient (Wildman–Crippen LogP) is 5.76. The Morgan fingerprint density at radius 1 is 0.831 bits per heavy atom. The number of rotatable bonds is 27. The van der Waals surface area contributed by atoms with E-state index in [1.54, 1.807) is 12.3 Å². The fourth-order valence-electron chi connectivity index (χ4n) is 7.63. The van der Waals surface area contributed by atoms with E-state index in [2.05, 4.69) is 50.6 Å². The number of amides is 4. The molecule has 0 aliphatic heterocycles. The molecule has 0 spiro atoms. The van der Waals surface area contributed by atoms with E-state index in [4.69, 9.17) is 12.2 Å². The van der Waals surface area contributed by atoms with Gasteiger partial charge in [0, 0.05) is 12.6 Å². The lowest BCUT2D eigenvalue weighted by molar-refractivity contribution is -0.132. The van der Waals surface area contributed by atoms with Crippen molar-refractivity contribution in [3.63, 3.8) is 0 Å². The third kappa shape index (κ3) is 20.3. The number of carbonyl (C=O) groups is 4. The van der Waals surface area contributed by atoms with Crippen LogP contribution in [-0.4, -0.2) is 94.5 Å². The van der Waals surface area contributed by atoms with Gasteiger partial charge in [-0.2, -0.15) is 0 Å². The lowest BCUT2D eigenvalue weighted by Gasteiger charge is -2.32. The van der Waals surface area contributed by atoms with Crippen molar-refractivity contribution in [1.29, 1.82) is 0 Å². The minimum Gasteiger partial charge on any atom is -0.390 e. The van der Waals surface area contributed by atoms with Crippen molar-refractivity contribution in [3.8, 4) is 0 Å². The van der Waals surface area contributed by atoms with Crippen LogP contribution < -0.4 is 26.6 Å². The number of aromatic nitrogens is 1. The first-order valence-electron chi connectivity index (χ1n) is 22.1. The molecule has 1 aromatic heterocycles. The molecule has 1 heterocycles. The molecule has 1 fully saturated rings. The van der Waals surface area contributed by atoms with Gasteiger partial charge >= 0.3 is 0 Å². The molecule has 2 aromatic rings. The van der Waals surface area contributed by atoms with E-state index in [1.807, 2.05) is 63.2 Å². The molecular weight excluding hydrogens is 763 g/mol. The van der Waals surface area contributed by atoms with Crippen molar-refractivity contribution >= 4 is 40.8 Å². The number of benzene rings is 1. The molecule has 328 valence electrons. The second-order valence-electron chi connectivity index (χ2n) is 17.0. The number of nitrogens with one attached hydrogen (secondary N) is 5. The molecule has 1 aliphatic rings. The van der Waals surface area contributed by atoms with Crippen LogP contribution >= 0.6 is 12.2 Å². The Morgan fingerprint density at radius 2 is 1.54 bits per heavy atom. The molecule has 6 N–H and O–H groups in total. The number of hydrogen-bond acceptors (Lipinski definition) is 8. The average molecular weight is 836 g/mol. The van der Waals surface area contributed by atoms with Crippen LogP contribution in [0.1, 0.15) is 128 Å². The zero-order valence-electron chi connectivity index (χ0n) is 36.3. The van der Waals surface area contributed by atoms with Crippen molar-refractivity contribution in [3.05, 3.63) is 66.0 Å². The molecule has 13 heteroatoms. The molecule has 0 bridgehead atoms. The summed E-state index contributed by atoms with van der Waals surface area (Å²) in [4.78, 5) is 62.1. The molecule has 5 atom stereocenters. The summed E-state index contributed by atoms with van der Waals surface area (Å²) < 4.78 is 0. The third-order valence-corrected chi connectivity index (χ3v) is 11.3. The van der Waals surface area contributed by atoms with E-state index >= 15 is 0 Å². The van der Waals surface area contributed by atoms with Crippen LogP contribution in [0.3, 0.4) is 0 Å². The number of hydrogen-bond donors (Lipinski definition) is 6. The van der Waals surface area contributed by atoms with Crippen molar-refractivity contribution in [2.45, 2.75) is 160 Å². The summed E-state index contributed by atoms with van der Waals surface area (Å²) in [5.41, 5.74) is 1.67. The van der Waals surface area contributed by atoms with Crippen molar-refractivity contribution in [2.24, 2.45) is 11.8 Å². The number of pyridine rings is 1. The molecular formula is C46H73N7O5S. The van der Waals surface area contributed by atoms with Crippen molar-refractivity contribution < 1.29 is 24.3 Å². The van der Waals surface area contributed by atoms with Gasteiger partial charge in [0.1, 0.15) is 18.1 Å². The van der Waals surface area contributed by atoms with Crippen LogP contribution in [0.2, 0.25) is 0 Å². The standard InChI is InChI=1S/C46H73N7O5S/c1-6-7-24-37(51-46(58)40(30-35-21-13-9-14-22-35)50-43(59)25-15-10-18-27-53(4)5)45(57)52-38(29-34-19-11-8-12-20-34)41(54)31-42(55)49-39(28-33(2)3)44(56)48-32-36-23-16-17-26-47-36/h9,13-14,16-17,21-23,26,33-34,37-41,54H,6-8,10-12,15,18-20,24-25,27-32H2,1-5H3,(H,48,56)(H,49,55)(H,50,59)(H,51,58)(H,52,57)/t37-,38-,39-,40-,41-/m0/s1. The summed E-state index contributed by atoms with van der Waals surface area (Å²) in [5, 5.41) is 26.8. The van der Waals surface area contributed by atoms with Gasteiger partial charge in [0.05, 0.1) is 35.8 Å². The van der Waals surface area contributed by atoms with Gasteiger partial charge in [0.2, 0.25) is 23.6 Å². The fourth-order valence-corrected chi connectivity index (χ4v) is 7.92. The van der Waals surface area contributed by atoms with Crippen LogP contribution in [0.4, 0.5) is 0 Å². The van der Waals surface area contributed by atoms with Crippen LogP contribution in [0, 0.1) is 11.8 Å². The second kappa shape index (κ2) is 27.7. The van der Waals surface area contributed by atoms with Gasteiger partial charge in [-0.25, -0.2) is 0 Å². The first kappa shape index (κ1) is 49.4. The SMILES string of the molecule is CCCC[C@H](NC(=O)[C@H](Cc1ccccc1)NC(=S)CCCCCN(C)C)C(=O)N[C@@H](CC1CCCCC1)[C@@H](O)CC(=O)N[C@@H](CC(C)C)C(=O)NCc1ccccn1. The largest absolute Gasteiger partial charge is 0.390 e. The van der Waals surface area contributed by atoms with Crippen LogP contribution in [0.15, 0.2) is 54.7 Å². The molecule has 59 heavy (non-hydrogen) atoms. The van der Waals surface area contributed by atoms with Gasteiger partial charge in [0.15, 0.2) is 0 Å². The summed E-state index contributed by atoms with van der Waals surface area (Å²) in [6, 6.07) is 12.2. The van der Waals surface area contributed by atoms with Gasteiger partial charge in [0.25, 0.3) is 0 Å². The zero-order valence-corrected chi connectivity index (χ0v) is 37.2. The molecule has 1 aromatic carbocycles. The normalized spacial score (nSPS) is 15.7. The molecule has 1 saturated carbocycles. The third-order valence-electron chi connectivity index (χ3n) is 11.0. The van der Waals surface area contributed by atoms with Gasteiger partial charge in [-0.15, -0.1) is 0 Å². The maximum atomic E-state index is 14.2. The lowest BCUT2D eigenvalue weighted by atomic mass is 9.83. The van der Waals surface area contributed by atoms with E-state index in [1.165, 1.54) is 0 Å². The summed E-state index contributed by atoms with van der Waals surface area (Å²) in [7, 11) is 4.12. The highest BCUT2D eigenvalue weighted by Gasteiger charge is 2.33. The molecule has 0 radical (unpaired) electrons. The number of unbranched alkanes of at least 4 members (excludes halogenated alkanes) is 3. The number of thiocarbonyl (C=S) groups is 1. The van der Waals surface area contributed by atoms with E-state index in [-0.39, 0.29) is 42.5 Å². The Kier molecular flexibility index (Phi) is 23.2. The van der Waals surface area contributed by atoms with Crippen molar-refractivity contribution in [1.82, 2.24) is 36.5 Å². The molecule has 0 saturated heterocycles. The van der Waals surface area contributed by atoms with E-state index in [0.29, 0.717) is 49.2 Å². The van der Waals surface area contributed by atoms with Crippen LogP contribution in [0.25, 0.3) is 0 Å². The lowest BCUT2D eigenvalue weighted by Crippen LogP contribution is -2.57. The fraction of sp³-hybridized carbons (Fsp3) is 0.652. The highest BCUT2D eigenvalue weighted by molar-refractivity contribution is 7.80. The minimum atomic E-state index is -1.21. The van der Waals surface area contributed by atoms with Crippen LogP contribution in [-0.2, 0) is 32.1 Å². The number of nitrogens with zero attached hydrogens (tertiary/aromatic N) is 2. The topological polar surface area (TPSA) is 165 Å². The number of aliphatic hydroxyl groups excluding tert-OH is 1. The Balaban J connectivity index is 1.73. The smallest absolute Gasteiger partial charge is 0.243 e.